The van der Waals surface area contributed by atoms with E-state index in [1.807, 2.05) is 36.4 Å². The lowest BCUT2D eigenvalue weighted by Crippen LogP contribution is -2.14. The minimum absolute atomic E-state index is 0.0569. The average Bonchev–Trinajstić information content (AvgIpc) is 3.05. The highest BCUT2D eigenvalue weighted by Crippen LogP contribution is 2.29. The lowest BCUT2D eigenvalue weighted by atomic mass is 9.92. The normalized spacial score (nSPS) is 11.3. The molecular weight excluding hydrogens is 332 g/mol. The summed E-state index contributed by atoms with van der Waals surface area (Å²) in [6.07, 6.45) is 1.69. The van der Waals surface area contributed by atoms with E-state index in [4.69, 9.17) is 0 Å². The molecule has 0 aliphatic rings. The number of anilines is 1. The van der Waals surface area contributed by atoms with Crippen molar-refractivity contribution in [2.75, 3.05) is 5.32 Å². The van der Waals surface area contributed by atoms with E-state index < -0.39 is 0 Å². The third-order valence-electron chi connectivity index (χ3n) is 3.60. The number of H-pyrrole nitrogens is 1. The number of pyridine rings is 1. The number of benzene rings is 1. The van der Waals surface area contributed by atoms with Crippen molar-refractivity contribution in [3.63, 3.8) is 0 Å². The van der Waals surface area contributed by atoms with Crippen molar-refractivity contribution in [3.8, 4) is 0 Å². The first kappa shape index (κ1) is 17.2. The largest absolute Gasteiger partial charge is 0.305 e. The van der Waals surface area contributed by atoms with Gasteiger partial charge in [0.15, 0.2) is 5.82 Å². The van der Waals surface area contributed by atoms with E-state index in [2.05, 4.69) is 41.3 Å². The Morgan fingerprint density at radius 3 is 2.56 bits per heavy atom. The molecule has 1 amide bonds. The van der Waals surface area contributed by atoms with Crippen LogP contribution < -0.4 is 5.32 Å². The predicted octanol–water partition coefficient (Wildman–Crippen LogP) is 4.51. The highest BCUT2D eigenvalue weighted by Gasteiger charge is 2.19. The molecule has 3 rings (SSSR count). The van der Waals surface area contributed by atoms with Gasteiger partial charge in [-0.3, -0.25) is 9.89 Å². The molecule has 0 atom stereocenters. The molecule has 0 aliphatic heterocycles. The number of rotatable bonds is 4. The number of carbonyl (C=O) groups excluding carboxylic acids is 1. The van der Waals surface area contributed by atoms with E-state index in [0.29, 0.717) is 16.4 Å². The number of aromatic nitrogens is 3. The number of amides is 1. The summed E-state index contributed by atoms with van der Waals surface area (Å²) in [6, 6.07) is 15.2. The molecule has 2 aromatic heterocycles. The van der Waals surface area contributed by atoms with E-state index in [-0.39, 0.29) is 11.3 Å². The van der Waals surface area contributed by atoms with Crippen LogP contribution in [0.1, 0.15) is 36.8 Å². The van der Waals surface area contributed by atoms with Crippen molar-refractivity contribution < 1.29 is 4.79 Å². The van der Waals surface area contributed by atoms with Crippen LogP contribution in [0, 0.1) is 0 Å². The second-order valence-electron chi connectivity index (χ2n) is 6.64. The van der Waals surface area contributed by atoms with Crippen LogP contribution in [0.5, 0.6) is 0 Å². The van der Waals surface area contributed by atoms with Crippen LogP contribution in [0.3, 0.4) is 0 Å². The average molecular weight is 352 g/mol. The molecule has 128 valence electrons. The van der Waals surface area contributed by atoms with Gasteiger partial charge in [-0.25, -0.2) is 4.98 Å². The second kappa shape index (κ2) is 7.11. The number of carbonyl (C=O) groups is 1. The third kappa shape index (κ3) is 4.28. The number of hydrogen-bond donors (Lipinski definition) is 2. The summed E-state index contributed by atoms with van der Waals surface area (Å²) in [4.78, 5) is 18.1. The SMILES string of the molecule is CC(C)(C)c1cc(NC(=O)c2cccnc2Sc2ccccc2)n[nH]1. The number of nitrogens with zero attached hydrogens (tertiary/aromatic N) is 2. The van der Waals surface area contributed by atoms with Crippen molar-refractivity contribution in [1.82, 2.24) is 15.2 Å². The van der Waals surface area contributed by atoms with Gasteiger partial charge in [0.2, 0.25) is 0 Å². The fourth-order valence-corrected chi connectivity index (χ4v) is 3.10. The first-order chi connectivity index (χ1) is 11.9. The molecule has 0 aliphatic carbocycles. The Hall–Kier alpha value is -2.60. The Labute approximate surface area is 151 Å². The van der Waals surface area contributed by atoms with Gasteiger partial charge in [0, 0.05) is 28.3 Å². The molecular formula is C19H20N4OS. The third-order valence-corrected chi connectivity index (χ3v) is 4.63. The van der Waals surface area contributed by atoms with Gasteiger partial charge in [-0.1, -0.05) is 50.7 Å². The predicted molar refractivity (Wildman–Crippen MR) is 100 cm³/mol. The van der Waals surface area contributed by atoms with Gasteiger partial charge in [-0.2, -0.15) is 5.10 Å². The summed E-state index contributed by atoms with van der Waals surface area (Å²) in [5.41, 5.74) is 1.43. The highest BCUT2D eigenvalue weighted by molar-refractivity contribution is 7.99. The molecule has 0 spiro atoms. The van der Waals surface area contributed by atoms with Gasteiger partial charge in [-0.15, -0.1) is 0 Å². The van der Waals surface area contributed by atoms with Crippen LogP contribution in [0.15, 0.2) is 64.6 Å². The first-order valence-electron chi connectivity index (χ1n) is 7.98. The molecule has 2 heterocycles. The van der Waals surface area contributed by atoms with Gasteiger partial charge in [0.1, 0.15) is 5.03 Å². The summed E-state index contributed by atoms with van der Waals surface area (Å²) < 4.78 is 0. The molecule has 6 heteroatoms. The summed E-state index contributed by atoms with van der Waals surface area (Å²) in [5, 5.41) is 10.7. The Bertz CT molecular complexity index is 868. The molecule has 0 saturated carbocycles. The van der Waals surface area contributed by atoms with Crippen molar-refractivity contribution in [2.45, 2.75) is 36.1 Å². The van der Waals surface area contributed by atoms with Crippen LogP contribution in [0.2, 0.25) is 0 Å². The quantitative estimate of drug-likeness (QED) is 0.725. The molecule has 25 heavy (non-hydrogen) atoms. The summed E-state index contributed by atoms with van der Waals surface area (Å²) >= 11 is 1.46. The molecule has 2 N–H and O–H groups in total. The molecule has 0 fully saturated rings. The fourth-order valence-electron chi connectivity index (χ4n) is 2.20. The Kier molecular flexibility index (Phi) is 4.90. The highest BCUT2D eigenvalue weighted by atomic mass is 32.2. The molecule has 5 nitrogen and oxygen atoms in total. The van der Waals surface area contributed by atoms with E-state index in [1.54, 1.807) is 18.3 Å². The van der Waals surface area contributed by atoms with Gasteiger partial charge in [0.25, 0.3) is 5.91 Å². The smallest absolute Gasteiger partial charge is 0.259 e. The van der Waals surface area contributed by atoms with Crippen molar-refractivity contribution in [1.29, 1.82) is 0 Å². The number of aromatic amines is 1. The Balaban J connectivity index is 1.80. The zero-order valence-electron chi connectivity index (χ0n) is 14.4. The second-order valence-corrected chi connectivity index (χ2v) is 7.70. The summed E-state index contributed by atoms with van der Waals surface area (Å²) in [5.74, 6) is 0.285. The maximum atomic E-state index is 12.7. The number of hydrogen-bond acceptors (Lipinski definition) is 4. The van der Waals surface area contributed by atoms with Crippen LogP contribution in [0.25, 0.3) is 0 Å². The van der Waals surface area contributed by atoms with Gasteiger partial charge in [-0.05, 0) is 24.3 Å². The van der Waals surface area contributed by atoms with E-state index in [0.717, 1.165) is 10.6 Å². The standard InChI is InChI=1S/C19H20N4OS/c1-19(2,3)15-12-16(23-22-15)21-17(24)14-10-7-11-20-18(14)25-13-8-5-4-6-9-13/h4-12H,1-3H3,(H2,21,22,23,24). The maximum absolute atomic E-state index is 12.7. The van der Waals surface area contributed by atoms with Crippen molar-refractivity contribution >= 4 is 23.5 Å². The van der Waals surface area contributed by atoms with Crippen LogP contribution in [0.4, 0.5) is 5.82 Å². The molecule has 0 saturated heterocycles. The topological polar surface area (TPSA) is 70.7 Å². The zero-order valence-corrected chi connectivity index (χ0v) is 15.2. The van der Waals surface area contributed by atoms with Gasteiger partial charge >= 0.3 is 0 Å². The van der Waals surface area contributed by atoms with Gasteiger partial charge in [0.05, 0.1) is 5.56 Å². The summed E-state index contributed by atoms with van der Waals surface area (Å²) in [7, 11) is 0. The minimum Gasteiger partial charge on any atom is -0.305 e. The van der Waals surface area contributed by atoms with Crippen LogP contribution in [-0.4, -0.2) is 21.1 Å². The maximum Gasteiger partial charge on any atom is 0.259 e. The molecule has 0 radical (unpaired) electrons. The zero-order chi connectivity index (χ0) is 17.9. The van der Waals surface area contributed by atoms with Crippen molar-refractivity contribution in [2.24, 2.45) is 0 Å². The Morgan fingerprint density at radius 2 is 1.88 bits per heavy atom. The van der Waals surface area contributed by atoms with E-state index in [1.165, 1.54) is 11.8 Å². The lowest BCUT2D eigenvalue weighted by Gasteiger charge is -2.14. The Morgan fingerprint density at radius 1 is 1.12 bits per heavy atom. The molecule has 3 aromatic rings. The molecule has 0 unspecified atom stereocenters. The monoisotopic (exact) mass is 352 g/mol. The van der Waals surface area contributed by atoms with E-state index >= 15 is 0 Å². The van der Waals surface area contributed by atoms with E-state index in [9.17, 15) is 4.79 Å². The minimum atomic E-state index is -0.224. The van der Waals surface area contributed by atoms with Crippen molar-refractivity contribution in [3.05, 3.63) is 66.0 Å². The molecule has 0 bridgehead atoms. The van der Waals surface area contributed by atoms with Crippen LogP contribution >= 0.6 is 11.8 Å². The number of nitrogens with one attached hydrogen (secondary N) is 2. The fraction of sp³-hybridized carbons (Fsp3) is 0.211. The first-order valence-corrected chi connectivity index (χ1v) is 8.80. The molecule has 1 aromatic carbocycles. The van der Waals surface area contributed by atoms with Gasteiger partial charge < -0.3 is 5.32 Å². The summed E-state index contributed by atoms with van der Waals surface area (Å²) in [6.45, 7) is 6.26. The van der Waals surface area contributed by atoms with Crippen LogP contribution in [-0.2, 0) is 5.41 Å². The lowest BCUT2D eigenvalue weighted by molar-refractivity contribution is 0.102.